The fourth-order valence-corrected chi connectivity index (χ4v) is 7.10. The summed E-state index contributed by atoms with van der Waals surface area (Å²) >= 11 is 0. The van der Waals surface area contributed by atoms with Crippen LogP contribution >= 0.6 is 0 Å². The van der Waals surface area contributed by atoms with Crippen molar-refractivity contribution in [3.8, 4) is 11.5 Å². The average molecular weight is 1220 g/mol. The van der Waals surface area contributed by atoms with Crippen molar-refractivity contribution in [3.05, 3.63) is 58.7 Å². The lowest BCUT2D eigenvalue weighted by Crippen LogP contribution is -2.26. The molecule has 0 spiro atoms. The average Bonchev–Trinajstić information content (AvgIpc) is 1.80. The normalized spacial score (nSPS) is 11.6. The van der Waals surface area contributed by atoms with E-state index < -0.39 is 6.29 Å². The van der Waals surface area contributed by atoms with Crippen molar-refractivity contribution >= 4 is 35.3 Å². The molecule has 0 aliphatic heterocycles. The SMILES string of the molecule is CC(C)OC(C)OC(=O)C(C)C.CC(C)OCCCC(=O)C(C)C.CC(C)OCCCCC(=O)C(C)C.CC(C)OCOC(=O)C(C)C.CC(C)Oc1ccc(COC(=O)C(C)C)cc1.Cc1cc(C)c(C(C)(C)CC(=O)C(C)C)c(OC(C)C)c1. The molecule has 0 aliphatic carbocycles. The molecule has 2 aromatic carbocycles. The number of aryl methyl sites for hydroxylation is 2. The molecular weight excluding hydrogens is 1090 g/mol. The molecule has 0 aromatic heterocycles. The van der Waals surface area contributed by atoms with Crippen molar-refractivity contribution in [3.63, 3.8) is 0 Å². The molecule has 0 radical (unpaired) electrons. The lowest BCUT2D eigenvalue weighted by atomic mass is 9.76. The Morgan fingerprint density at radius 1 is 0.442 bits per heavy atom. The second-order valence-corrected chi connectivity index (χ2v) is 25.8. The highest BCUT2D eigenvalue weighted by atomic mass is 16.7. The zero-order valence-corrected chi connectivity index (χ0v) is 59.7. The van der Waals surface area contributed by atoms with Crippen LogP contribution in [0.3, 0.4) is 0 Å². The van der Waals surface area contributed by atoms with E-state index in [1.807, 2.05) is 163 Å². The third-order valence-corrected chi connectivity index (χ3v) is 11.8. The molecule has 0 amide bonds. The molecule has 0 heterocycles. The van der Waals surface area contributed by atoms with Gasteiger partial charge in [0.05, 0.1) is 54.4 Å². The molecule has 0 saturated heterocycles. The molecule has 0 bridgehead atoms. The lowest BCUT2D eigenvalue weighted by molar-refractivity contribution is -0.185. The molecule has 0 aliphatic rings. The van der Waals surface area contributed by atoms with E-state index in [-0.39, 0.29) is 96.1 Å². The van der Waals surface area contributed by atoms with Crippen molar-refractivity contribution in [2.24, 2.45) is 35.5 Å². The van der Waals surface area contributed by atoms with Crippen molar-refractivity contribution in [2.75, 3.05) is 20.0 Å². The predicted octanol–water partition coefficient (Wildman–Crippen LogP) is 16.9. The molecule has 2 rings (SSSR count). The summed E-state index contributed by atoms with van der Waals surface area (Å²) < 4.78 is 47.3. The van der Waals surface area contributed by atoms with Crippen LogP contribution in [0.5, 0.6) is 11.5 Å². The quantitative estimate of drug-likeness (QED) is 0.0291. The van der Waals surface area contributed by atoms with E-state index >= 15 is 0 Å². The fourth-order valence-electron chi connectivity index (χ4n) is 7.10. The largest absolute Gasteiger partial charge is 0.491 e. The molecule has 0 N–H and O–H groups in total. The Balaban J connectivity index is -0.000000477. The number of unbranched alkanes of at least 4 members (excludes halogenated alkanes) is 1. The molecule has 500 valence electrons. The molecule has 2 aromatic rings. The van der Waals surface area contributed by atoms with Crippen LogP contribution in [0, 0.1) is 49.4 Å². The molecule has 86 heavy (non-hydrogen) atoms. The van der Waals surface area contributed by atoms with Gasteiger partial charge in [-0.25, -0.2) is 0 Å². The van der Waals surface area contributed by atoms with Crippen LogP contribution in [-0.2, 0) is 73.9 Å². The van der Waals surface area contributed by atoms with Gasteiger partial charge in [-0.15, -0.1) is 0 Å². The van der Waals surface area contributed by atoms with Gasteiger partial charge in [-0.1, -0.05) is 115 Å². The number of esters is 3. The van der Waals surface area contributed by atoms with Gasteiger partial charge in [0.2, 0.25) is 0 Å². The first-order valence-corrected chi connectivity index (χ1v) is 31.7. The van der Waals surface area contributed by atoms with Gasteiger partial charge >= 0.3 is 17.9 Å². The van der Waals surface area contributed by atoms with Gasteiger partial charge in [0, 0.05) is 61.2 Å². The van der Waals surface area contributed by atoms with Crippen molar-refractivity contribution in [1.82, 2.24) is 0 Å². The minimum absolute atomic E-state index is 0.0642. The summed E-state index contributed by atoms with van der Waals surface area (Å²) in [5.74, 6) is 2.32. The third kappa shape index (κ3) is 50.3. The van der Waals surface area contributed by atoms with E-state index in [1.54, 1.807) is 34.6 Å². The number of benzene rings is 2. The van der Waals surface area contributed by atoms with Crippen LogP contribution in [0.2, 0.25) is 0 Å². The molecule has 0 fully saturated rings. The molecule has 15 nitrogen and oxygen atoms in total. The second-order valence-electron chi connectivity index (χ2n) is 25.8. The topological polar surface area (TPSA) is 185 Å². The zero-order chi connectivity index (χ0) is 67.6. The Morgan fingerprint density at radius 2 is 0.872 bits per heavy atom. The Morgan fingerprint density at radius 3 is 1.28 bits per heavy atom. The van der Waals surface area contributed by atoms with E-state index in [1.165, 1.54) is 11.1 Å². The van der Waals surface area contributed by atoms with Gasteiger partial charge in [-0.3, -0.25) is 28.8 Å². The van der Waals surface area contributed by atoms with Gasteiger partial charge in [0.1, 0.15) is 35.5 Å². The monoisotopic (exact) mass is 1220 g/mol. The van der Waals surface area contributed by atoms with Crippen LogP contribution in [0.4, 0.5) is 0 Å². The maximum absolute atomic E-state index is 12.2. The second kappa shape index (κ2) is 49.2. The van der Waals surface area contributed by atoms with Gasteiger partial charge in [-0.2, -0.15) is 0 Å². The van der Waals surface area contributed by atoms with Crippen LogP contribution in [0.15, 0.2) is 36.4 Å². The fraction of sp³-hybridized carbons (Fsp3) is 0.746. The first-order valence-electron chi connectivity index (χ1n) is 31.7. The van der Waals surface area contributed by atoms with Crippen molar-refractivity contribution in [1.29, 1.82) is 0 Å². The maximum Gasteiger partial charge on any atom is 0.310 e. The van der Waals surface area contributed by atoms with Gasteiger partial charge in [0.15, 0.2) is 13.1 Å². The third-order valence-electron chi connectivity index (χ3n) is 11.8. The highest BCUT2D eigenvalue weighted by Crippen LogP contribution is 2.39. The summed E-state index contributed by atoms with van der Waals surface area (Å²) in [6, 6.07) is 11.8. The van der Waals surface area contributed by atoms with Crippen molar-refractivity contribution in [2.45, 2.75) is 294 Å². The Bertz CT molecular complexity index is 2110. The van der Waals surface area contributed by atoms with Crippen LogP contribution in [-0.4, -0.2) is 98.2 Å². The number of rotatable bonds is 32. The lowest BCUT2D eigenvalue weighted by Gasteiger charge is -2.30. The van der Waals surface area contributed by atoms with Crippen LogP contribution in [0.1, 0.15) is 248 Å². The summed E-state index contributed by atoms with van der Waals surface area (Å²) in [5.41, 5.74) is 4.31. The number of hydrogen-bond donors (Lipinski definition) is 0. The van der Waals surface area contributed by atoms with E-state index in [9.17, 15) is 28.8 Å². The summed E-state index contributed by atoms with van der Waals surface area (Å²) in [5, 5.41) is 0. The van der Waals surface area contributed by atoms with Gasteiger partial charge in [-0.05, 0) is 158 Å². The number of carbonyl (C=O) groups is 6. The van der Waals surface area contributed by atoms with E-state index in [4.69, 9.17) is 42.6 Å². The van der Waals surface area contributed by atoms with E-state index in [2.05, 4.69) is 39.8 Å². The Kier molecular flexibility index (Phi) is 50.2. The smallest absolute Gasteiger partial charge is 0.310 e. The number of Topliss-reactive ketones (excluding diaryl/α,β-unsaturated/α-hetero) is 3. The molecule has 15 heteroatoms. The number of carbonyl (C=O) groups excluding carboxylic acids is 6. The highest BCUT2D eigenvalue weighted by molar-refractivity contribution is 5.82. The first-order chi connectivity index (χ1) is 39.6. The molecule has 1 atom stereocenters. The predicted molar refractivity (Wildman–Crippen MR) is 350 cm³/mol. The van der Waals surface area contributed by atoms with E-state index in [0.717, 1.165) is 48.5 Å². The summed E-state index contributed by atoms with van der Waals surface area (Å²) in [7, 11) is 0. The highest BCUT2D eigenvalue weighted by Gasteiger charge is 2.30. The first kappa shape index (κ1) is 87.7. The number of hydrogen-bond acceptors (Lipinski definition) is 15. The van der Waals surface area contributed by atoms with Crippen molar-refractivity contribution < 1.29 is 71.4 Å². The minimum Gasteiger partial charge on any atom is -0.491 e. The van der Waals surface area contributed by atoms with Gasteiger partial charge in [0.25, 0.3) is 0 Å². The summed E-state index contributed by atoms with van der Waals surface area (Å²) in [6.07, 6.45) is 5.35. The zero-order valence-electron chi connectivity index (χ0n) is 59.7. The summed E-state index contributed by atoms with van der Waals surface area (Å²) in [4.78, 5) is 67.7. The van der Waals surface area contributed by atoms with Gasteiger partial charge < -0.3 is 42.6 Å². The standard InChI is InChI=1S/C19H30O2.C14H20O3.C11H22O2.C10H20O2.C9H18O3.C8H16O3/c1-12(2)16(20)11-19(7,8)18-15(6)9-14(5)10-17(18)21-13(3)4;1-10(2)14(15)16-9-12-5-7-13(8-6-12)17-11(3)4;1-9(2)11(12)7-5-6-8-13-10(3)4;1-8(2)10(11)6-5-7-12-9(3)4;1-6(2)9(10)12-8(5)11-7(3)4;1-6(2)8(9)11-5-10-7(3)4/h9-10,12-13H,11H2,1-8H3;5-8,10-11H,9H2,1-4H3;9-10H,5-8H2,1-4H3;8-9H,5-7H2,1-4H3;6-8H,1-5H3;6-7H,5H2,1-4H3. The van der Waals surface area contributed by atoms with E-state index in [0.29, 0.717) is 55.9 Å². The number of ether oxygens (including phenoxy) is 9. The van der Waals surface area contributed by atoms with Crippen LogP contribution < -0.4 is 9.47 Å². The Hall–Kier alpha value is -4.70. The molecule has 0 saturated carbocycles. The minimum atomic E-state index is -0.445. The van der Waals surface area contributed by atoms with Crippen LogP contribution in [0.25, 0.3) is 0 Å². The Labute approximate surface area is 524 Å². The summed E-state index contributed by atoms with van der Waals surface area (Å²) in [6.45, 7) is 58.3. The maximum atomic E-state index is 12.2. The number of ketones is 3. The molecule has 1 unspecified atom stereocenters. The molecular formula is C71H126O15.